The van der Waals surface area contributed by atoms with Gasteiger partial charge in [-0.15, -0.1) is 24.0 Å². The maximum Gasteiger partial charge on any atom is 0.323 e. The van der Waals surface area contributed by atoms with E-state index in [0.29, 0.717) is 0 Å². The minimum atomic E-state index is -1.20. The van der Waals surface area contributed by atoms with Crippen LogP contribution in [0.25, 0.3) is 0 Å². The van der Waals surface area contributed by atoms with Gasteiger partial charge in [-0.25, -0.2) is 24.0 Å². The van der Waals surface area contributed by atoms with Gasteiger partial charge in [0.25, 0.3) is 0 Å². The van der Waals surface area contributed by atoms with E-state index in [1.165, 1.54) is 103 Å². The Morgan fingerprint density at radius 3 is 0.811 bits per heavy atom. The van der Waals surface area contributed by atoms with Crippen LogP contribution in [0.1, 0.15) is 136 Å². The van der Waals surface area contributed by atoms with E-state index in [4.69, 9.17) is 0 Å². The summed E-state index contributed by atoms with van der Waals surface area (Å²) in [6, 6.07) is 56.3. The third-order valence-corrected chi connectivity index (χ3v) is 15.4. The standard InChI is InChI=1S/2C20H16O2.2C13H17.2ClH.2Ti/c2*21-19(22)20(16-10-4-1-5-11-16,17-12-6-2-7-13-17)18-14-8-3-9-15-18;2*1-3-7-12-10(5-1)9-11-6-2-4-8-13(11)12;;;;/h2*1-15H,(H,21,22);2*5H,1-4,6-9H2;2*1H;;/q;;2*-1;;;;/p-2. The summed E-state index contributed by atoms with van der Waals surface area (Å²) >= 11 is 0. The molecular weight excluding hydrogens is 1020 g/mol. The molecule has 6 aromatic rings. The Balaban J connectivity index is 0.000000184. The fourth-order valence-electron chi connectivity index (χ4n) is 12.1. The molecule has 0 amide bonds. The molecule has 6 aliphatic carbocycles. The van der Waals surface area contributed by atoms with Crippen LogP contribution in [0.2, 0.25) is 0 Å². The summed E-state index contributed by atoms with van der Waals surface area (Å²) in [6.45, 7) is 0. The molecule has 12 rings (SSSR count). The van der Waals surface area contributed by atoms with Crippen molar-refractivity contribution in [2.24, 2.45) is 0 Å². The molecular formula is C66H66Cl2O4Ti2-4. The summed E-state index contributed by atoms with van der Waals surface area (Å²) < 4.78 is 0. The third kappa shape index (κ3) is 12.8. The molecule has 0 spiro atoms. The van der Waals surface area contributed by atoms with Gasteiger partial charge in [0.2, 0.25) is 0 Å². The summed E-state index contributed by atoms with van der Waals surface area (Å²) in [4.78, 5) is 24.8. The third-order valence-electron chi connectivity index (χ3n) is 15.4. The van der Waals surface area contributed by atoms with Crippen LogP contribution >= 0.6 is 0 Å². The van der Waals surface area contributed by atoms with Crippen LogP contribution in [0.15, 0.2) is 227 Å². The molecule has 4 nitrogen and oxygen atoms in total. The normalized spacial score (nSPS) is 16.1. The van der Waals surface area contributed by atoms with Gasteiger partial charge in [-0.2, -0.15) is 11.1 Å². The van der Waals surface area contributed by atoms with Crippen molar-refractivity contribution in [3.8, 4) is 0 Å². The zero-order valence-corrected chi connectivity index (χ0v) is 46.9. The molecule has 0 radical (unpaired) electrons. The summed E-state index contributed by atoms with van der Waals surface area (Å²) in [5, 5.41) is 20.4. The minimum absolute atomic E-state index is 0. The van der Waals surface area contributed by atoms with Crippen LogP contribution < -0.4 is 24.8 Å². The number of benzene rings is 6. The Bertz CT molecular complexity index is 2410. The van der Waals surface area contributed by atoms with E-state index in [2.05, 4.69) is 12.8 Å². The van der Waals surface area contributed by atoms with Gasteiger partial charge in [-0.05, 0) is 84.7 Å². The zero-order chi connectivity index (χ0) is 48.2. The predicted molar refractivity (Wildman–Crippen MR) is 284 cm³/mol. The summed E-state index contributed by atoms with van der Waals surface area (Å²) in [5.74, 6) is -1.76. The second-order valence-electron chi connectivity index (χ2n) is 19.4. The minimum Gasteiger partial charge on any atom is -1.00 e. The molecule has 380 valence electrons. The summed E-state index contributed by atoms with van der Waals surface area (Å²) in [7, 11) is 0. The Morgan fingerprint density at radius 2 is 0.568 bits per heavy atom. The Labute approximate surface area is 482 Å². The molecule has 0 atom stereocenters. The van der Waals surface area contributed by atoms with Crippen LogP contribution in [0.4, 0.5) is 0 Å². The van der Waals surface area contributed by atoms with Crippen molar-refractivity contribution in [3.63, 3.8) is 0 Å². The first-order valence-electron chi connectivity index (χ1n) is 25.7. The molecule has 6 aromatic carbocycles. The van der Waals surface area contributed by atoms with Gasteiger partial charge < -0.3 is 35.0 Å². The average molecular weight is 1090 g/mol. The SMILES string of the molecule is O=C(O)C(c1ccccc1)(c1ccccc1)c1ccccc1.O=C(O)C(c1ccccc1)(c1ccccc1)c1ccccc1.[CH-]1CCCC2=C1CC1=C2CCCC1.[CH-]1CCCC2=C1CC1=C2CCCC1.[Cl-].[Cl-].[Ti].[Ti]. The van der Waals surface area contributed by atoms with Crippen molar-refractivity contribution >= 4 is 11.9 Å². The molecule has 0 unspecified atom stereocenters. The van der Waals surface area contributed by atoms with Gasteiger partial charge in [0, 0.05) is 43.4 Å². The second-order valence-corrected chi connectivity index (χ2v) is 19.4. The van der Waals surface area contributed by atoms with Gasteiger partial charge in [0.05, 0.1) is 0 Å². The molecule has 0 heterocycles. The van der Waals surface area contributed by atoms with Gasteiger partial charge >= 0.3 is 11.9 Å². The number of rotatable bonds is 8. The average Bonchev–Trinajstić information content (AvgIpc) is 4.00. The van der Waals surface area contributed by atoms with Crippen molar-refractivity contribution < 1.29 is 88.1 Å². The molecule has 0 aliphatic heterocycles. The second kappa shape index (κ2) is 28.8. The molecule has 0 fully saturated rings. The molecule has 0 saturated heterocycles. The smallest absolute Gasteiger partial charge is 0.323 e. The Hall–Kier alpha value is -5.03. The number of carboxylic acid groups (broad SMARTS) is 2. The van der Waals surface area contributed by atoms with Crippen LogP contribution in [0.5, 0.6) is 0 Å². The van der Waals surface area contributed by atoms with Crippen molar-refractivity contribution in [1.82, 2.24) is 0 Å². The summed E-state index contributed by atoms with van der Waals surface area (Å²) in [6.07, 6.45) is 27.2. The van der Waals surface area contributed by atoms with Crippen molar-refractivity contribution in [3.05, 3.63) is 273 Å². The number of carboxylic acids is 2. The number of carbonyl (C=O) groups is 2. The van der Waals surface area contributed by atoms with E-state index >= 15 is 0 Å². The molecule has 74 heavy (non-hydrogen) atoms. The fourth-order valence-corrected chi connectivity index (χ4v) is 12.1. The van der Waals surface area contributed by atoms with E-state index in [1.54, 1.807) is 44.6 Å². The quantitative estimate of drug-likeness (QED) is 0.0905. The van der Waals surface area contributed by atoms with Crippen LogP contribution in [0, 0.1) is 12.8 Å². The van der Waals surface area contributed by atoms with Gasteiger partial charge in [-0.3, -0.25) is 9.59 Å². The van der Waals surface area contributed by atoms with E-state index < -0.39 is 22.8 Å². The van der Waals surface area contributed by atoms with E-state index in [0.717, 1.165) is 33.4 Å². The molecule has 0 bridgehead atoms. The summed E-state index contributed by atoms with van der Waals surface area (Å²) in [5.41, 5.74) is 16.2. The zero-order valence-electron chi connectivity index (χ0n) is 42.3. The fraction of sp³-hybridized carbons (Fsp3) is 0.273. The van der Waals surface area contributed by atoms with E-state index in [-0.39, 0.29) is 68.2 Å². The molecule has 0 saturated carbocycles. The first kappa shape index (κ1) is 59.8. The Kier molecular flexibility index (Phi) is 23.2. The maximum absolute atomic E-state index is 12.4. The van der Waals surface area contributed by atoms with Gasteiger partial charge in [0.1, 0.15) is 10.8 Å². The maximum atomic E-state index is 12.4. The van der Waals surface area contributed by atoms with Gasteiger partial charge in [-0.1, -0.05) is 232 Å². The molecule has 0 aromatic heterocycles. The number of halogens is 2. The van der Waals surface area contributed by atoms with E-state index in [9.17, 15) is 19.8 Å². The molecule has 2 N–H and O–H groups in total. The van der Waals surface area contributed by atoms with Crippen molar-refractivity contribution in [1.29, 1.82) is 0 Å². The number of fused-ring (bicyclic) bond motifs is 2. The molecule has 8 heteroatoms. The van der Waals surface area contributed by atoms with Crippen LogP contribution in [-0.2, 0) is 63.9 Å². The topological polar surface area (TPSA) is 74.6 Å². The van der Waals surface area contributed by atoms with Crippen LogP contribution in [-0.4, -0.2) is 22.2 Å². The number of hydrogen-bond acceptors (Lipinski definition) is 2. The first-order valence-corrected chi connectivity index (χ1v) is 25.7. The van der Waals surface area contributed by atoms with E-state index in [1.807, 2.05) is 182 Å². The van der Waals surface area contributed by atoms with Crippen molar-refractivity contribution in [2.45, 2.75) is 114 Å². The number of hydrogen-bond donors (Lipinski definition) is 2. The monoisotopic (exact) mass is 1090 g/mol. The molecule has 6 aliphatic rings. The Morgan fingerprint density at radius 1 is 0.338 bits per heavy atom. The van der Waals surface area contributed by atoms with Crippen molar-refractivity contribution in [2.75, 3.05) is 0 Å². The number of allylic oxidation sites excluding steroid dienone is 8. The van der Waals surface area contributed by atoms with Gasteiger partial charge in [0.15, 0.2) is 0 Å². The number of aliphatic carboxylic acids is 2. The van der Waals surface area contributed by atoms with Crippen LogP contribution in [0.3, 0.4) is 0 Å². The largest absolute Gasteiger partial charge is 1.00 e. The predicted octanol–water partition coefficient (Wildman–Crippen LogP) is 10.1. The first-order chi connectivity index (χ1) is 34.4.